The molecule has 0 saturated carbocycles. The molecule has 0 spiro atoms. The molecular weight excluding hydrogens is 482 g/mol. The minimum atomic E-state index is -0.214. The molecule has 2 aliphatic rings. The summed E-state index contributed by atoms with van der Waals surface area (Å²) in [7, 11) is 2.07. The molecule has 198 valence electrons. The van der Waals surface area contributed by atoms with Crippen molar-refractivity contribution in [1.29, 1.82) is 0 Å². The second-order valence-electron chi connectivity index (χ2n) is 9.75. The summed E-state index contributed by atoms with van der Waals surface area (Å²) in [5.74, 6) is 0.0246. The van der Waals surface area contributed by atoms with Gasteiger partial charge in [-0.05, 0) is 18.7 Å². The van der Waals surface area contributed by atoms with E-state index in [1.807, 2.05) is 35.2 Å². The normalized spacial score (nSPS) is 16.4. The molecule has 1 aromatic carbocycles. The third kappa shape index (κ3) is 5.98. The lowest BCUT2D eigenvalue weighted by Crippen LogP contribution is -2.47. The molecule has 2 aromatic heterocycles. The van der Waals surface area contributed by atoms with E-state index in [2.05, 4.69) is 31.8 Å². The zero-order valence-electron chi connectivity index (χ0n) is 21.7. The summed E-state index contributed by atoms with van der Waals surface area (Å²) in [5.41, 5.74) is 10.3. The van der Waals surface area contributed by atoms with Gasteiger partial charge in [-0.2, -0.15) is 0 Å². The predicted molar refractivity (Wildman–Crippen MR) is 145 cm³/mol. The number of nitrogen functional groups attached to an aromatic ring is 1. The minimum Gasteiger partial charge on any atom is -0.382 e. The molecule has 5 rings (SSSR count). The number of carbonyl (C=O) groups excluding carboxylic acids is 2. The number of nitrogens with zero attached hydrogens (tertiary/aromatic N) is 6. The molecule has 38 heavy (non-hydrogen) atoms. The number of pyridine rings is 1. The topological polar surface area (TPSA) is 118 Å². The fourth-order valence-corrected chi connectivity index (χ4v) is 4.80. The molecule has 10 heteroatoms. The number of ketones is 1. The number of ether oxygens (including phenoxy) is 1. The van der Waals surface area contributed by atoms with Gasteiger partial charge in [-0.3, -0.25) is 14.6 Å². The van der Waals surface area contributed by atoms with Crippen molar-refractivity contribution in [1.82, 2.24) is 24.8 Å². The van der Waals surface area contributed by atoms with Crippen LogP contribution in [0.5, 0.6) is 0 Å². The number of likely N-dealkylation sites (N-methyl/N-ethyl adjacent to an activating group) is 1. The van der Waals surface area contributed by atoms with Gasteiger partial charge < -0.3 is 25.2 Å². The molecule has 4 heterocycles. The van der Waals surface area contributed by atoms with Gasteiger partial charge in [-0.1, -0.05) is 24.3 Å². The lowest BCUT2D eigenvalue weighted by molar-refractivity contribution is -0.132. The van der Waals surface area contributed by atoms with Gasteiger partial charge in [-0.25, -0.2) is 9.97 Å². The second-order valence-corrected chi connectivity index (χ2v) is 9.75. The molecule has 1 amide bonds. The largest absolute Gasteiger partial charge is 0.382 e. The fourth-order valence-electron chi connectivity index (χ4n) is 4.80. The molecule has 2 saturated heterocycles. The van der Waals surface area contributed by atoms with Crippen molar-refractivity contribution >= 4 is 23.2 Å². The Morgan fingerprint density at radius 2 is 1.68 bits per heavy atom. The van der Waals surface area contributed by atoms with Crippen LogP contribution < -0.4 is 10.6 Å². The van der Waals surface area contributed by atoms with Gasteiger partial charge in [0, 0.05) is 74.9 Å². The Labute approximate surface area is 222 Å². The number of anilines is 2. The van der Waals surface area contributed by atoms with Crippen molar-refractivity contribution in [3.63, 3.8) is 0 Å². The first-order valence-corrected chi connectivity index (χ1v) is 12.9. The number of carbonyl (C=O) groups is 2. The summed E-state index contributed by atoms with van der Waals surface area (Å²) in [4.78, 5) is 45.4. The maximum absolute atomic E-state index is 13.3. The average molecular weight is 516 g/mol. The first kappa shape index (κ1) is 25.7. The molecule has 10 nitrogen and oxygen atoms in total. The lowest BCUT2D eigenvalue weighted by atomic mass is 10.0. The highest BCUT2D eigenvalue weighted by Gasteiger charge is 2.21. The number of amides is 1. The molecule has 0 bridgehead atoms. The number of benzene rings is 1. The first-order valence-electron chi connectivity index (χ1n) is 12.9. The van der Waals surface area contributed by atoms with Crippen molar-refractivity contribution in [2.45, 2.75) is 12.8 Å². The Morgan fingerprint density at radius 1 is 0.947 bits per heavy atom. The number of rotatable bonds is 7. The van der Waals surface area contributed by atoms with E-state index in [1.165, 1.54) is 0 Å². The Bertz CT molecular complexity index is 1280. The van der Waals surface area contributed by atoms with Crippen LogP contribution in [0.2, 0.25) is 0 Å². The van der Waals surface area contributed by atoms with Crippen LogP contribution in [0, 0.1) is 0 Å². The van der Waals surface area contributed by atoms with Crippen LogP contribution >= 0.6 is 0 Å². The van der Waals surface area contributed by atoms with Gasteiger partial charge in [0.15, 0.2) is 11.6 Å². The number of hydrogen-bond donors (Lipinski definition) is 1. The van der Waals surface area contributed by atoms with Gasteiger partial charge in [-0.15, -0.1) is 0 Å². The van der Waals surface area contributed by atoms with E-state index < -0.39 is 0 Å². The minimum absolute atomic E-state index is 0.102. The lowest BCUT2D eigenvalue weighted by Gasteiger charge is -2.32. The quantitative estimate of drug-likeness (QED) is 0.469. The van der Waals surface area contributed by atoms with Crippen LogP contribution in [-0.2, 0) is 22.4 Å². The van der Waals surface area contributed by atoms with Crippen LogP contribution in [0.4, 0.5) is 11.5 Å². The molecule has 0 atom stereocenters. The Morgan fingerprint density at radius 3 is 2.42 bits per heavy atom. The van der Waals surface area contributed by atoms with Gasteiger partial charge in [0.1, 0.15) is 5.69 Å². The summed E-state index contributed by atoms with van der Waals surface area (Å²) in [5, 5.41) is 0. The van der Waals surface area contributed by atoms with E-state index in [4.69, 9.17) is 10.5 Å². The molecule has 3 aromatic rings. The van der Waals surface area contributed by atoms with Crippen molar-refractivity contribution < 1.29 is 14.3 Å². The third-order valence-corrected chi connectivity index (χ3v) is 7.11. The van der Waals surface area contributed by atoms with Crippen LogP contribution in [0.1, 0.15) is 21.6 Å². The SMILES string of the molecule is CN1CCN(C(=O)Cc2ccc(-c3cnc(N)c(C(=O)Cc4cnccc4N4CCOCC4)n3)cc2)CC1. The zero-order chi connectivity index (χ0) is 26.5. The van der Waals surface area contributed by atoms with Crippen LogP contribution in [-0.4, -0.2) is 96.0 Å². The van der Waals surface area contributed by atoms with E-state index in [0.717, 1.165) is 61.6 Å². The van der Waals surface area contributed by atoms with Crippen molar-refractivity contribution in [3.05, 3.63) is 65.7 Å². The van der Waals surface area contributed by atoms with E-state index >= 15 is 0 Å². The maximum Gasteiger partial charge on any atom is 0.227 e. The van der Waals surface area contributed by atoms with E-state index in [0.29, 0.717) is 25.3 Å². The smallest absolute Gasteiger partial charge is 0.227 e. The zero-order valence-corrected chi connectivity index (χ0v) is 21.7. The van der Waals surface area contributed by atoms with Crippen LogP contribution in [0.15, 0.2) is 48.9 Å². The number of nitrogens with two attached hydrogens (primary N) is 1. The standard InChI is InChI=1S/C28H33N7O3/c1-33-8-10-35(11-9-33)26(37)16-20-2-4-21(5-3-20)23-19-31-28(29)27(32-23)25(36)17-22-18-30-7-6-24(22)34-12-14-38-15-13-34/h2-7,18-19H,8-17H2,1H3,(H2,29,31). The Hall–Kier alpha value is -3.89. The third-order valence-electron chi connectivity index (χ3n) is 7.11. The van der Waals surface area contributed by atoms with Crippen LogP contribution in [0.3, 0.4) is 0 Å². The molecule has 2 aliphatic heterocycles. The fraction of sp³-hybridized carbons (Fsp3) is 0.393. The maximum atomic E-state index is 13.3. The Kier molecular flexibility index (Phi) is 7.90. The van der Waals surface area contributed by atoms with E-state index in [-0.39, 0.29) is 29.6 Å². The van der Waals surface area contributed by atoms with Crippen molar-refractivity contribution in [2.75, 3.05) is 70.2 Å². The van der Waals surface area contributed by atoms with Gasteiger partial charge >= 0.3 is 0 Å². The summed E-state index contributed by atoms with van der Waals surface area (Å²) in [6.07, 6.45) is 5.50. The summed E-state index contributed by atoms with van der Waals surface area (Å²) in [6.45, 7) is 6.15. The highest BCUT2D eigenvalue weighted by atomic mass is 16.5. The highest BCUT2D eigenvalue weighted by molar-refractivity contribution is 6.00. The van der Waals surface area contributed by atoms with Crippen molar-refractivity contribution in [2.24, 2.45) is 0 Å². The number of aromatic nitrogens is 3. The molecule has 0 aliphatic carbocycles. The first-order chi connectivity index (χ1) is 18.5. The number of piperazine rings is 1. The molecule has 0 radical (unpaired) electrons. The molecule has 0 unspecified atom stereocenters. The van der Waals surface area contributed by atoms with Gasteiger partial charge in [0.25, 0.3) is 0 Å². The van der Waals surface area contributed by atoms with Gasteiger partial charge in [0.2, 0.25) is 5.91 Å². The van der Waals surface area contributed by atoms with Gasteiger partial charge in [0.05, 0.1) is 31.5 Å². The second kappa shape index (κ2) is 11.7. The Balaban J connectivity index is 1.28. The summed E-state index contributed by atoms with van der Waals surface area (Å²) < 4.78 is 5.46. The van der Waals surface area contributed by atoms with E-state index in [9.17, 15) is 9.59 Å². The number of morpholine rings is 1. The monoisotopic (exact) mass is 515 g/mol. The van der Waals surface area contributed by atoms with E-state index in [1.54, 1.807) is 18.6 Å². The molecule has 2 fully saturated rings. The number of Topliss-reactive ketones (excluding diaryl/α,β-unsaturated/α-hetero) is 1. The average Bonchev–Trinajstić information content (AvgIpc) is 2.95. The number of hydrogen-bond acceptors (Lipinski definition) is 9. The van der Waals surface area contributed by atoms with Crippen molar-refractivity contribution in [3.8, 4) is 11.3 Å². The molecular formula is C28H33N7O3. The highest BCUT2D eigenvalue weighted by Crippen LogP contribution is 2.24. The predicted octanol–water partition coefficient (Wildman–Crippen LogP) is 1.70. The summed E-state index contributed by atoms with van der Waals surface area (Å²) >= 11 is 0. The summed E-state index contributed by atoms with van der Waals surface area (Å²) in [6, 6.07) is 9.58. The molecule has 2 N–H and O–H groups in total. The van der Waals surface area contributed by atoms with Crippen LogP contribution in [0.25, 0.3) is 11.3 Å².